The molecule has 0 radical (unpaired) electrons. The standard InChI is InChI=1S/C14H20O3/c1-10(13(16)17)8-11-4-6-12(7-5-11)14(2,3)9-15/h4-7,10,15H,8-9H2,1-3H3,(H,16,17). The van der Waals surface area contributed by atoms with Gasteiger partial charge in [0.05, 0.1) is 12.5 Å². The van der Waals surface area contributed by atoms with Crippen molar-refractivity contribution in [3.63, 3.8) is 0 Å². The van der Waals surface area contributed by atoms with Crippen LogP contribution in [0.15, 0.2) is 24.3 Å². The van der Waals surface area contributed by atoms with E-state index in [9.17, 15) is 9.90 Å². The summed E-state index contributed by atoms with van der Waals surface area (Å²) in [5.74, 6) is -1.14. The zero-order valence-corrected chi connectivity index (χ0v) is 10.6. The smallest absolute Gasteiger partial charge is 0.306 e. The molecule has 3 nitrogen and oxygen atoms in total. The lowest BCUT2D eigenvalue weighted by molar-refractivity contribution is -0.141. The highest BCUT2D eigenvalue weighted by Gasteiger charge is 2.19. The maximum absolute atomic E-state index is 10.7. The molecule has 0 aliphatic carbocycles. The van der Waals surface area contributed by atoms with Gasteiger partial charge in [-0.25, -0.2) is 0 Å². The highest BCUT2D eigenvalue weighted by atomic mass is 16.4. The maximum Gasteiger partial charge on any atom is 0.306 e. The zero-order valence-electron chi connectivity index (χ0n) is 10.6. The van der Waals surface area contributed by atoms with Gasteiger partial charge in [0.25, 0.3) is 0 Å². The average molecular weight is 236 g/mol. The molecule has 2 N–H and O–H groups in total. The van der Waals surface area contributed by atoms with E-state index in [1.54, 1.807) is 6.92 Å². The molecule has 1 unspecified atom stereocenters. The van der Waals surface area contributed by atoms with Crippen molar-refractivity contribution in [3.8, 4) is 0 Å². The van der Waals surface area contributed by atoms with Gasteiger partial charge in [0, 0.05) is 5.41 Å². The topological polar surface area (TPSA) is 57.5 Å². The number of rotatable bonds is 5. The Hall–Kier alpha value is -1.35. The van der Waals surface area contributed by atoms with Crippen molar-refractivity contribution < 1.29 is 15.0 Å². The minimum atomic E-state index is -0.773. The second-order valence-electron chi connectivity index (χ2n) is 5.18. The maximum atomic E-state index is 10.7. The van der Waals surface area contributed by atoms with E-state index in [1.807, 2.05) is 38.1 Å². The molecular formula is C14H20O3. The van der Waals surface area contributed by atoms with Crippen molar-refractivity contribution in [2.24, 2.45) is 5.92 Å². The normalized spacial score (nSPS) is 13.4. The van der Waals surface area contributed by atoms with Crippen LogP contribution < -0.4 is 0 Å². The van der Waals surface area contributed by atoms with Crippen LogP contribution in [0.25, 0.3) is 0 Å². The fourth-order valence-electron chi connectivity index (χ4n) is 1.62. The van der Waals surface area contributed by atoms with Crippen molar-refractivity contribution in [2.75, 3.05) is 6.61 Å². The number of aliphatic hydroxyl groups excluding tert-OH is 1. The van der Waals surface area contributed by atoms with Crippen molar-refractivity contribution in [3.05, 3.63) is 35.4 Å². The Morgan fingerprint density at radius 1 is 1.29 bits per heavy atom. The van der Waals surface area contributed by atoms with Crippen molar-refractivity contribution in [2.45, 2.75) is 32.6 Å². The van der Waals surface area contributed by atoms with Crippen molar-refractivity contribution >= 4 is 5.97 Å². The minimum Gasteiger partial charge on any atom is -0.481 e. The van der Waals surface area contributed by atoms with Crippen molar-refractivity contribution in [1.29, 1.82) is 0 Å². The molecular weight excluding hydrogens is 216 g/mol. The summed E-state index contributed by atoms with van der Waals surface area (Å²) >= 11 is 0. The molecule has 1 aromatic carbocycles. The number of carboxylic acids is 1. The lowest BCUT2D eigenvalue weighted by Crippen LogP contribution is -2.22. The van der Waals surface area contributed by atoms with Crippen LogP contribution in [0.3, 0.4) is 0 Å². The largest absolute Gasteiger partial charge is 0.481 e. The summed E-state index contributed by atoms with van der Waals surface area (Å²) < 4.78 is 0. The number of benzene rings is 1. The van der Waals surface area contributed by atoms with Crippen LogP contribution in [0.5, 0.6) is 0 Å². The third-order valence-corrected chi connectivity index (χ3v) is 3.09. The van der Waals surface area contributed by atoms with Gasteiger partial charge in [-0.1, -0.05) is 45.0 Å². The molecule has 0 aromatic heterocycles. The number of aliphatic hydroxyl groups is 1. The quantitative estimate of drug-likeness (QED) is 0.824. The Balaban J connectivity index is 2.78. The van der Waals surface area contributed by atoms with Gasteiger partial charge in [0.2, 0.25) is 0 Å². The molecule has 0 saturated carbocycles. The van der Waals surface area contributed by atoms with Crippen LogP contribution in [-0.2, 0) is 16.6 Å². The predicted octanol–water partition coefficient (Wildman–Crippen LogP) is 2.22. The lowest BCUT2D eigenvalue weighted by Gasteiger charge is -2.22. The molecule has 0 heterocycles. The molecule has 0 amide bonds. The Bertz CT molecular complexity index is 379. The molecule has 0 aliphatic rings. The van der Waals surface area contributed by atoms with E-state index in [0.29, 0.717) is 6.42 Å². The van der Waals surface area contributed by atoms with Gasteiger partial charge in [-0.05, 0) is 17.5 Å². The average Bonchev–Trinajstić information content (AvgIpc) is 2.29. The molecule has 0 saturated heterocycles. The first-order valence-electron chi connectivity index (χ1n) is 5.80. The SMILES string of the molecule is CC(Cc1ccc(C(C)(C)CO)cc1)C(=O)O. The summed E-state index contributed by atoms with van der Waals surface area (Å²) in [5, 5.41) is 18.1. The minimum absolute atomic E-state index is 0.0951. The Kier molecular flexibility index (Phi) is 4.29. The third kappa shape index (κ3) is 3.56. The second-order valence-corrected chi connectivity index (χ2v) is 5.18. The Morgan fingerprint density at radius 3 is 2.24 bits per heavy atom. The van der Waals surface area contributed by atoms with E-state index in [0.717, 1.165) is 11.1 Å². The predicted molar refractivity (Wildman–Crippen MR) is 67.1 cm³/mol. The highest BCUT2D eigenvalue weighted by molar-refractivity contribution is 5.69. The molecule has 17 heavy (non-hydrogen) atoms. The van der Waals surface area contributed by atoms with E-state index in [4.69, 9.17) is 5.11 Å². The summed E-state index contributed by atoms with van der Waals surface area (Å²) in [6, 6.07) is 7.79. The number of aliphatic carboxylic acids is 1. The Morgan fingerprint density at radius 2 is 1.82 bits per heavy atom. The van der Waals surface area contributed by atoms with Crippen LogP contribution >= 0.6 is 0 Å². The van der Waals surface area contributed by atoms with E-state index in [-0.39, 0.29) is 17.9 Å². The van der Waals surface area contributed by atoms with Crippen LogP contribution in [0, 0.1) is 5.92 Å². The molecule has 1 atom stereocenters. The number of carbonyl (C=O) groups is 1. The van der Waals surface area contributed by atoms with E-state index >= 15 is 0 Å². The highest BCUT2D eigenvalue weighted by Crippen LogP contribution is 2.23. The first kappa shape index (κ1) is 13.7. The zero-order chi connectivity index (χ0) is 13.1. The molecule has 1 aromatic rings. The van der Waals surface area contributed by atoms with Gasteiger partial charge in [0.15, 0.2) is 0 Å². The number of hydrogen-bond donors (Lipinski definition) is 2. The monoisotopic (exact) mass is 236 g/mol. The van der Waals surface area contributed by atoms with Crippen LogP contribution in [0.4, 0.5) is 0 Å². The third-order valence-electron chi connectivity index (χ3n) is 3.09. The molecule has 94 valence electrons. The Labute approximate surface area is 102 Å². The molecule has 0 fully saturated rings. The van der Waals surface area contributed by atoms with Gasteiger partial charge in [-0.3, -0.25) is 4.79 Å². The summed E-state index contributed by atoms with van der Waals surface area (Å²) in [6.45, 7) is 5.75. The number of carboxylic acid groups (broad SMARTS) is 1. The first-order chi connectivity index (χ1) is 7.86. The van der Waals surface area contributed by atoms with Gasteiger partial charge in [-0.15, -0.1) is 0 Å². The van der Waals surface area contributed by atoms with E-state index in [2.05, 4.69) is 0 Å². The summed E-state index contributed by atoms with van der Waals surface area (Å²) in [4.78, 5) is 10.7. The van der Waals surface area contributed by atoms with Gasteiger partial charge < -0.3 is 10.2 Å². The first-order valence-corrected chi connectivity index (χ1v) is 5.80. The van der Waals surface area contributed by atoms with E-state index < -0.39 is 5.97 Å². The molecule has 0 spiro atoms. The number of hydrogen-bond acceptors (Lipinski definition) is 2. The summed E-state index contributed by atoms with van der Waals surface area (Å²) in [7, 11) is 0. The fourth-order valence-corrected chi connectivity index (χ4v) is 1.62. The van der Waals surface area contributed by atoms with E-state index in [1.165, 1.54) is 0 Å². The van der Waals surface area contributed by atoms with Gasteiger partial charge in [0.1, 0.15) is 0 Å². The molecule has 1 rings (SSSR count). The molecule has 3 heteroatoms. The van der Waals surface area contributed by atoms with Crippen molar-refractivity contribution in [1.82, 2.24) is 0 Å². The van der Waals surface area contributed by atoms with Gasteiger partial charge >= 0.3 is 5.97 Å². The lowest BCUT2D eigenvalue weighted by atomic mass is 9.85. The second kappa shape index (κ2) is 5.32. The summed E-state index contributed by atoms with van der Waals surface area (Å²) in [6.07, 6.45) is 0.537. The van der Waals surface area contributed by atoms with Crippen LogP contribution in [-0.4, -0.2) is 22.8 Å². The van der Waals surface area contributed by atoms with Crippen LogP contribution in [0.2, 0.25) is 0 Å². The molecule has 0 aliphatic heterocycles. The molecule has 0 bridgehead atoms. The summed E-state index contributed by atoms with van der Waals surface area (Å²) in [5.41, 5.74) is 1.82. The van der Waals surface area contributed by atoms with Gasteiger partial charge in [-0.2, -0.15) is 0 Å². The van der Waals surface area contributed by atoms with Crippen LogP contribution in [0.1, 0.15) is 31.9 Å². The fraction of sp³-hybridized carbons (Fsp3) is 0.500.